The number of carbonyl (C=O) groups excluding carboxylic acids is 1. The van der Waals surface area contributed by atoms with Crippen LogP contribution in [0.15, 0.2) is 33.9 Å². The van der Waals surface area contributed by atoms with Gasteiger partial charge >= 0.3 is 0 Å². The molecule has 0 aliphatic carbocycles. The van der Waals surface area contributed by atoms with Gasteiger partial charge in [-0.05, 0) is 31.9 Å². The Labute approximate surface area is 134 Å². The van der Waals surface area contributed by atoms with Crippen molar-refractivity contribution < 1.29 is 9.21 Å². The third-order valence-electron chi connectivity index (χ3n) is 3.24. The minimum absolute atomic E-state index is 0.0124. The largest absolute Gasteiger partial charge is 0.411 e. The summed E-state index contributed by atoms with van der Waals surface area (Å²) in [6.07, 6.45) is 2.03. The molecule has 2 aromatic rings. The molecule has 1 amide bonds. The first-order valence-electron chi connectivity index (χ1n) is 7.41. The Balaban J connectivity index is 1.90. The smallest absolute Gasteiger partial charge is 0.277 e. The average Bonchev–Trinajstić information content (AvgIpc) is 2.94. The van der Waals surface area contributed by atoms with E-state index in [0.717, 1.165) is 24.0 Å². The monoisotopic (exact) mass is 319 g/mol. The number of thioether (sulfide) groups is 1. The summed E-state index contributed by atoms with van der Waals surface area (Å²) in [6.45, 7) is 6.10. The number of hydrogen-bond donors (Lipinski definition) is 1. The molecule has 0 saturated heterocycles. The van der Waals surface area contributed by atoms with Crippen molar-refractivity contribution in [1.82, 2.24) is 15.5 Å². The molecule has 118 valence electrons. The molecule has 0 bridgehead atoms. The first-order valence-corrected chi connectivity index (χ1v) is 8.40. The number of nitrogens with zero attached hydrogens (tertiary/aromatic N) is 2. The summed E-state index contributed by atoms with van der Waals surface area (Å²) in [6, 6.07) is 8.03. The van der Waals surface area contributed by atoms with Crippen LogP contribution in [0, 0.1) is 6.92 Å². The minimum Gasteiger partial charge on any atom is -0.411 e. The van der Waals surface area contributed by atoms with Gasteiger partial charge in [0.1, 0.15) is 0 Å². The SMILES string of the molecule is CCC[C@H](C)NC(=O)CSc1nnc(-c2ccccc2C)o1. The van der Waals surface area contributed by atoms with Gasteiger partial charge in [-0.25, -0.2) is 0 Å². The molecule has 2 rings (SSSR count). The Hall–Kier alpha value is -1.82. The second kappa shape index (κ2) is 7.98. The molecular formula is C16H21N3O2S. The molecule has 1 heterocycles. The van der Waals surface area contributed by atoms with Crippen LogP contribution in [-0.4, -0.2) is 27.9 Å². The van der Waals surface area contributed by atoms with Crippen molar-refractivity contribution >= 4 is 17.7 Å². The Morgan fingerprint density at radius 2 is 2.14 bits per heavy atom. The van der Waals surface area contributed by atoms with Gasteiger partial charge in [0.05, 0.1) is 5.75 Å². The summed E-state index contributed by atoms with van der Waals surface area (Å²) in [5, 5.41) is 11.4. The highest BCUT2D eigenvalue weighted by Crippen LogP contribution is 2.25. The summed E-state index contributed by atoms with van der Waals surface area (Å²) >= 11 is 1.26. The fraction of sp³-hybridized carbons (Fsp3) is 0.438. The Morgan fingerprint density at radius 1 is 1.36 bits per heavy atom. The first kappa shape index (κ1) is 16.5. The molecule has 1 aromatic carbocycles. The lowest BCUT2D eigenvalue weighted by atomic mass is 10.1. The number of rotatable bonds is 7. The molecule has 5 nitrogen and oxygen atoms in total. The highest BCUT2D eigenvalue weighted by Gasteiger charge is 2.13. The van der Waals surface area contributed by atoms with Crippen LogP contribution < -0.4 is 5.32 Å². The van der Waals surface area contributed by atoms with Crippen LogP contribution in [0.1, 0.15) is 32.3 Å². The standard InChI is InChI=1S/C16H21N3O2S/c1-4-7-12(3)17-14(20)10-22-16-19-18-15(21-16)13-9-6-5-8-11(13)2/h5-6,8-9,12H,4,7,10H2,1-3H3,(H,17,20)/t12-/m0/s1. The van der Waals surface area contributed by atoms with Crippen LogP contribution in [0.4, 0.5) is 0 Å². The highest BCUT2D eigenvalue weighted by atomic mass is 32.2. The van der Waals surface area contributed by atoms with Crippen molar-refractivity contribution in [2.45, 2.75) is 44.9 Å². The average molecular weight is 319 g/mol. The number of nitrogens with one attached hydrogen (secondary N) is 1. The summed E-state index contributed by atoms with van der Waals surface area (Å²) in [7, 11) is 0. The van der Waals surface area contributed by atoms with Gasteiger partial charge < -0.3 is 9.73 Å². The molecule has 0 saturated carbocycles. The second-order valence-corrected chi connectivity index (χ2v) is 6.16. The number of amides is 1. The van der Waals surface area contributed by atoms with E-state index < -0.39 is 0 Å². The lowest BCUT2D eigenvalue weighted by Gasteiger charge is -2.11. The number of hydrogen-bond acceptors (Lipinski definition) is 5. The second-order valence-electron chi connectivity index (χ2n) is 5.23. The number of benzene rings is 1. The van der Waals surface area contributed by atoms with E-state index in [1.807, 2.05) is 38.1 Å². The summed E-state index contributed by atoms with van der Waals surface area (Å²) in [5.41, 5.74) is 2.00. The molecule has 0 radical (unpaired) electrons. The van der Waals surface area contributed by atoms with E-state index in [2.05, 4.69) is 22.4 Å². The van der Waals surface area contributed by atoms with Crippen molar-refractivity contribution in [3.05, 3.63) is 29.8 Å². The Bertz CT molecular complexity index is 627. The van der Waals surface area contributed by atoms with Crippen molar-refractivity contribution in [2.75, 3.05) is 5.75 Å². The number of aromatic nitrogens is 2. The van der Waals surface area contributed by atoms with Crippen LogP contribution in [0.25, 0.3) is 11.5 Å². The molecule has 1 aromatic heterocycles. The quantitative estimate of drug-likeness (QED) is 0.792. The normalized spacial score (nSPS) is 12.1. The molecule has 22 heavy (non-hydrogen) atoms. The number of carbonyl (C=O) groups is 1. The molecule has 0 aliphatic rings. The van der Waals surface area contributed by atoms with E-state index >= 15 is 0 Å². The van der Waals surface area contributed by atoms with E-state index in [9.17, 15) is 4.79 Å². The third-order valence-corrected chi connectivity index (χ3v) is 4.06. The van der Waals surface area contributed by atoms with Crippen LogP contribution in [0.5, 0.6) is 0 Å². The Morgan fingerprint density at radius 3 is 2.86 bits per heavy atom. The molecule has 1 N–H and O–H groups in total. The van der Waals surface area contributed by atoms with Crippen LogP contribution >= 0.6 is 11.8 Å². The third kappa shape index (κ3) is 4.59. The van der Waals surface area contributed by atoms with Gasteiger partial charge in [0.15, 0.2) is 0 Å². The van der Waals surface area contributed by atoms with Gasteiger partial charge in [0, 0.05) is 11.6 Å². The minimum atomic E-state index is -0.0124. The van der Waals surface area contributed by atoms with E-state index in [1.165, 1.54) is 11.8 Å². The zero-order valence-electron chi connectivity index (χ0n) is 13.1. The molecule has 1 atom stereocenters. The van der Waals surface area contributed by atoms with E-state index in [1.54, 1.807) is 0 Å². The summed E-state index contributed by atoms with van der Waals surface area (Å²) in [4.78, 5) is 11.8. The van der Waals surface area contributed by atoms with Crippen molar-refractivity contribution in [2.24, 2.45) is 0 Å². The lowest BCUT2D eigenvalue weighted by molar-refractivity contribution is -0.119. The van der Waals surface area contributed by atoms with Gasteiger partial charge in [-0.3, -0.25) is 4.79 Å². The van der Waals surface area contributed by atoms with Gasteiger partial charge in [-0.2, -0.15) is 0 Å². The fourth-order valence-corrected chi connectivity index (χ4v) is 2.71. The van der Waals surface area contributed by atoms with E-state index in [-0.39, 0.29) is 17.7 Å². The predicted octanol–water partition coefficient (Wildman–Crippen LogP) is 3.44. The molecule has 6 heteroatoms. The van der Waals surface area contributed by atoms with Crippen molar-refractivity contribution in [3.8, 4) is 11.5 Å². The molecule has 0 unspecified atom stereocenters. The van der Waals surface area contributed by atoms with Crippen LogP contribution in [0.2, 0.25) is 0 Å². The maximum Gasteiger partial charge on any atom is 0.277 e. The van der Waals surface area contributed by atoms with E-state index in [4.69, 9.17) is 4.42 Å². The molecule has 0 aliphatic heterocycles. The van der Waals surface area contributed by atoms with Gasteiger partial charge in [-0.1, -0.05) is 43.3 Å². The Kier molecular flexibility index (Phi) is 6.00. The van der Waals surface area contributed by atoms with Crippen LogP contribution in [0.3, 0.4) is 0 Å². The summed E-state index contributed by atoms with van der Waals surface area (Å²) < 4.78 is 5.61. The molecule has 0 fully saturated rings. The zero-order valence-corrected chi connectivity index (χ0v) is 13.9. The van der Waals surface area contributed by atoms with Crippen LogP contribution in [-0.2, 0) is 4.79 Å². The van der Waals surface area contributed by atoms with Gasteiger partial charge in [0.25, 0.3) is 5.22 Å². The highest BCUT2D eigenvalue weighted by molar-refractivity contribution is 7.99. The zero-order chi connectivity index (χ0) is 15.9. The maximum atomic E-state index is 11.8. The molecular weight excluding hydrogens is 298 g/mol. The lowest BCUT2D eigenvalue weighted by Crippen LogP contribution is -2.33. The fourth-order valence-electron chi connectivity index (χ4n) is 2.14. The maximum absolute atomic E-state index is 11.8. The topological polar surface area (TPSA) is 68.0 Å². The summed E-state index contributed by atoms with van der Waals surface area (Å²) in [5.74, 6) is 0.755. The predicted molar refractivity (Wildman–Crippen MR) is 87.7 cm³/mol. The van der Waals surface area contributed by atoms with E-state index in [0.29, 0.717) is 11.1 Å². The van der Waals surface area contributed by atoms with Gasteiger partial charge in [-0.15, -0.1) is 10.2 Å². The first-order chi connectivity index (χ1) is 10.6. The molecule has 0 spiro atoms. The van der Waals surface area contributed by atoms with Crippen molar-refractivity contribution in [1.29, 1.82) is 0 Å². The van der Waals surface area contributed by atoms with Gasteiger partial charge in [0.2, 0.25) is 11.8 Å². The van der Waals surface area contributed by atoms with Crippen molar-refractivity contribution in [3.63, 3.8) is 0 Å². The number of aryl methyl sites for hydroxylation is 1.